The minimum absolute atomic E-state index is 0.0700. The molecule has 0 aliphatic carbocycles. The molecule has 4 N–H and O–H groups in total. The second kappa shape index (κ2) is 13.8. The first kappa shape index (κ1) is 29.6. The van der Waals surface area contributed by atoms with Gasteiger partial charge in [0.15, 0.2) is 10.3 Å². The Hall–Kier alpha value is -3.36. The number of carbonyl (C=O) groups excluding carboxylic acids is 4. The maximum atomic E-state index is 13.0. The fraction of sp³-hybridized carbons (Fsp3) is 0.280. The lowest BCUT2D eigenvalue weighted by Gasteiger charge is -2.21. The summed E-state index contributed by atoms with van der Waals surface area (Å²) in [6, 6.07) is 10.4. The van der Waals surface area contributed by atoms with E-state index >= 15 is 0 Å². The zero-order valence-electron chi connectivity index (χ0n) is 20.9. The molecule has 40 heavy (non-hydrogen) atoms. The lowest BCUT2D eigenvalue weighted by Crippen LogP contribution is -2.42. The molecule has 0 fully saturated rings. The molecule has 0 saturated heterocycles. The first-order valence-electron chi connectivity index (χ1n) is 12.1. The summed E-state index contributed by atoms with van der Waals surface area (Å²) in [5.41, 5.74) is 2.90. The maximum Gasteiger partial charge on any atom is 0.245 e. The first-order valence-corrected chi connectivity index (χ1v) is 14.5. The van der Waals surface area contributed by atoms with E-state index in [1.807, 2.05) is 0 Å². The number of fused-ring (bicyclic) bond motifs is 2. The molecular formula is C25H24Cl2N6O5S2. The van der Waals surface area contributed by atoms with Crippen molar-refractivity contribution in [2.24, 2.45) is 0 Å². The standard InChI is InChI=1S/C25H24Cl2N6O5S2/c26-14-6-8-16-18(10-14)39-24(28-16)30-21(35)12-33(23(37)5-3-1-2-4-20(34)32-38)13-22(36)31-25-29-17-9-7-15(27)11-19(17)40-25/h6-11,38H,1-5,12-13H2,(H,32,34)(H,28,30,35)(H,29,31,36). The summed E-state index contributed by atoms with van der Waals surface area (Å²) >= 11 is 14.5. The Balaban J connectivity index is 1.39. The molecule has 0 unspecified atom stereocenters. The molecule has 2 aromatic carbocycles. The highest BCUT2D eigenvalue weighted by Gasteiger charge is 2.22. The average molecular weight is 624 g/mol. The molecule has 2 aromatic heterocycles. The van der Waals surface area contributed by atoms with Crippen molar-refractivity contribution in [2.45, 2.75) is 32.1 Å². The molecule has 0 saturated carbocycles. The molecule has 0 radical (unpaired) electrons. The van der Waals surface area contributed by atoms with Crippen LogP contribution in [0.1, 0.15) is 32.1 Å². The number of aromatic nitrogens is 2. The van der Waals surface area contributed by atoms with Gasteiger partial charge in [0.2, 0.25) is 23.6 Å². The quantitative estimate of drug-likeness (QED) is 0.0976. The number of anilines is 2. The van der Waals surface area contributed by atoms with Gasteiger partial charge < -0.3 is 15.5 Å². The molecule has 15 heteroatoms. The van der Waals surface area contributed by atoms with Gasteiger partial charge in [-0.3, -0.25) is 24.4 Å². The number of hydrogen-bond acceptors (Lipinski definition) is 9. The number of hydroxylamine groups is 1. The summed E-state index contributed by atoms with van der Waals surface area (Å²) in [6.45, 7) is -0.739. The van der Waals surface area contributed by atoms with Crippen molar-refractivity contribution >= 4 is 100 Å². The predicted octanol–water partition coefficient (Wildman–Crippen LogP) is 5.07. The Morgan fingerprint density at radius 2 is 1.25 bits per heavy atom. The third-order valence-corrected chi connectivity index (χ3v) is 7.97. The number of nitrogens with one attached hydrogen (secondary N) is 3. The van der Waals surface area contributed by atoms with Crippen molar-refractivity contribution in [3.05, 3.63) is 46.4 Å². The zero-order valence-corrected chi connectivity index (χ0v) is 24.1. The van der Waals surface area contributed by atoms with E-state index in [0.29, 0.717) is 50.6 Å². The maximum absolute atomic E-state index is 13.0. The molecule has 11 nitrogen and oxygen atoms in total. The smallest absolute Gasteiger partial charge is 0.245 e. The highest BCUT2D eigenvalue weighted by atomic mass is 35.5. The van der Waals surface area contributed by atoms with Crippen molar-refractivity contribution < 1.29 is 24.4 Å². The largest absolute Gasteiger partial charge is 0.324 e. The van der Waals surface area contributed by atoms with Crippen LogP contribution in [0.3, 0.4) is 0 Å². The van der Waals surface area contributed by atoms with Crippen LogP contribution in [0.25, 0.3) is 20.4 Å². The van der Waals surface area contributed by atoms with Gasteiger partial charge in [0, 0.05) is 22.9 Å². The van der Waals surface area contributed by atoms with Gasteiger partial charge in [0.1, 0.15) is 13.1 Å². The molecule has 4 rings (SSSR count). The SMILES string of the molecule is O=C(CCCCCC(=O)N(CC(=O)Nc1nc2ccc(Cl)cc2s1)CC(=O)Nc1nc2ccc(Cl)cc2s1)NO. The summed E-state index contributed by atoms with van der Waals surface area (Å²) in [4.78, 5) is 59.8. The monoisotopic (exact) mass is 622 g/mol. The molecule has 0 aliphatic rings. The van der Waals surface area contributed by atoms with E-state index in [1.54, 1.807) is 41.9 Å². The second-order valence-corrected chi connectivity index (χ2v) is 11.6. The number of amides is 4. The number of halogens is 2. The van der Waals surface area contributed by atoms with Crippen LogP contribution in [-0.4, -0.2) is 56.8 Å². The van der Waals surface area contributed by atoms with Gasteiger partial charge in [-0.15, -0.1) is 0 Å². The summed E-state index contributed by atoms with van der Waals surface area (Å²) < 4.78 is 1.59. The van der Waals surface area contributed by atoms with Crippen LogP contribution in [-0.2, 0) is 19.2 Å². The molecule has 0 atom stereocenters. The molecule has 4 amide bonds. The fourth-order valence-electron chi connectivity index (χ4n) is 3.75. The van der Waals surface area contributed by atoms with Crippen LogP contribution < -0.4 is 16.1 Å². The fourth-order valence-corrected chi connectivity index (χ4v) is 6.07. The molecule has 2 heterocycles. The minimum Gasteiger partial charge on any atom is -0.324 e. The van der Waals surface area contributed by atoms with Gasteiger partial charge in [-0.05, 0) is 49.2 Å². The van der Waals surface area contributed by atoms with Gasteiger partial charge in [-0.25, -0.2) is 15.4 Å². The number of benzene rings is 2. The van der Waals surface area contributed by atoms with E-state index in [9.17, 15) is 19.2 Å². The van der Waals surface area contributed by atoms with Gasteiger partial charge in [-0.1, -0.05) is 52.3 Å². The Kier molecular flexibility index (Phi) is 10.2. The number of nitrogens with zero attached hydrogens (tertiary/aromatic N) is 3. The molecule has 0 spiro atoms. The lowest BCUT2D eigenvalue weighted by atomic mass is 10.1. The van der Waals surface area contributed by atoms with Crippen LogP contribution >= 0.6 is 45.9 Å². The number of thiazole rings is 2. The Labute approximate surface area is 246 Å². The third kappa shape index (κ3) is 8.32. The topological polar surface area (TPSA) is 154 Å². The average Bonchev–Trinajstić information content (AvgIpc) is 3.49. The highest BCUT2D eigenvalue weighted by molar-refractivity contribution is 7.22. The molecule has 4 aromatic rings. The zero-order chi connectivity index (χ0) is 28.6. The second-order valence-electron chi connectivity index (χ2n) is 8.70. The van der Waals surface area contributed by atoms with Crippen molar-refractivity contribution in [3.63, 3.8) is 0 Å². The normalized spacial score (nSPS) is 11.0. The van der Waals surface area contributed by atoms with Crippen molar-refractivity contribution in [1.82, 2.24) is 20.3 Å². The van der Waals surface area contributed by atoms with E-state index in [0.717, 1.165) is 9.40 Å². The van der Waals surface area contributed by atoms with Gasteiger partial charge in [0.05, 0.1) is 20.4 Å². The predicted molar refractivity (Wildman–Crippen MR) is 156 cm³/mol. The summed E-state index contributed by atoms with van der Waals surface area (Å²) in [5.74, 6) is -1.93. The lowest BCUT2D eigenvalue weighted by molar-refractivity contribution is -0.137. The van der Waals surface area contributed by atoms with E-state index in [1.165, 1.54) is 27.6 Å². The molecule has 0 bridgehead atoms. The van der Waals surface area contributed by atoms with Crippen LogP contribution in [0, 0.1) is 0 Å². The Bertz CT molecular complexity index is 1460. The van der Waals surface area contributed by atoms with E-state index in [2.05, 4.69) is 20.6 Å². The van der Waals surface area contributed by atoms with Gasteiger partial charge >= 0.3 is 0 Å². The van der Waals surface area contributed by atoms with Crippen molar-refractivity contribution in [3.8, 4) is 0 Å². The number of hydrogen-bond donors (Lipinski definition) is 4. The van der Waals surface area contributed by atoms with Crippen molar-refractivity contribution in [2.75, 3.05) is 23.7 Å². The van der Waals surface area contributed by atoms with Crippen LogP contribution in [0.4, 0.5) is 10.3 Å². The summed E-state index contributed by atoms with van der Waals surface area (Å²) in [7, 11) is 0. The number of carbonyl (C=O) groups is 4. The summed E-state index contributed by atoms with van der Waals surface area (Å²) in [5, 5.41) is 15.7. The molecular weight excluding hydrogens is 599 g/mol. The number of rotatable bonds is 12. The molecule has 0 aliphatic heterocycles. The highest BCUT2D eigenvalue weighted by Crippen LogP contribution is 2.29. The first-order chi connectivity index (χ1) is 19.2. The van der Waals surface area contributed by atoms with E-state index in [4.69, 9.17) is 28.4 Å². The van der Waals surface area contributed by atoms with Gasteiger partial charge in [0.25, 0.3) is 0 Å². The summed E-state index contributed by atoms with van der Waals surface area (Å²) in [6.07, 6.45) is 1.66. The Morgan fingerprint density at radius 1 is 0.750 bits per heavy atom. The van der Waals surface area contributed by atoms with Gasteiger partial charge in [-0.2, -0.15) is 0 Å². The van der Waals surface area contributed by atoms with E-state index in [-0.39, 0.29) is 25.9 Å². The minimum atomic E-state index is -0.513. The van der Waals surface area contributed by atoms with Crippen LogP contribution in [0.2, 0.25) is 10.0 Å². The van der Waals surface area contributed by atoms with Crippen LogP contribution in [0.15, 0.2) is 36.4 Å². The third-order valence-electron chi connectivity index (χ3n) is 5.63. The number of unbranched alkanes of at least 4 members (excludes halogenated alkanes) is 2. The Morgan fingerprint density at radius 3 is 1.75 bits per heavy atom. The van der Waals surface area contributed by atoms with Crippen LogP contribution in [0.5, 0.6) is 0 Å². The van der Waals surface area contributed by atoms with E-state index < -0.39 is 23.6 Å². The molecule has 210 valence electrons. The van der Waals surface area contributed by atoms with Crippen molar-refractivity contribution in [1.29, 1.82) is 0 Å².